The van der Waals surface area contributed by atoms with Crippen LogP contribution in [0.1, 0.15) is 70.3 Å². The first-order chi connectivity index (χ1) is 18.0. The van der Waals surface area contributed by atoms with Crippen molar-refractivity contribution in [3.05, 3.63) is 35.4 Å². The van der Waals surface area contributed by atoms with Gasteiger partial charge in [-0.1, -0.05) is 25.3 Å². The molecule has 0 aromatic heterocycles. The van der Waals surface area contributed by atoms with Crippen LogP contribution < -0.4 is 0 Å². The minimum atomic E-state index is -3.36. The minimum Gasteiger partial charge on any atom is -0.340 e. The van der Waals surface area contributed by atoms with Crippen molar-refractivity contribution in [2.45, 2.75) is 76.8 Å². The van der Waals surface area contributed by atoms with Crippen molar-refractivity contribution in [1.29, 1.82) is 0 Å². The number of rotatable bonds is 8. The quantitative estimate of drug-likeness (QED) is 0.490. The highest BCUT2D eigenvalue weighted by Crippen LogP contribution is 2.40. The molecule has 1 aromatic carbocycles. The number of amides is 1. The van der Waals surface area contributed by atoms with E-state index in [0.29, 0.717) is 38.6 Å². The first-order valence-corrected chi connectivity index (χ1v) is 15.8. The summed E-state index contributed by atoms with van der Waals surface area (Å²) in [7, 11) is -3.36. The molecule has 38 heavy (non-hydrogen) atoms. The Morgan fingerprint density at radius 1 is 1.05 bits per heavy atom. The summed E-state index contributed by atoms with van der Waals surface area (Å²) in [6.45, 7) is 6.45. The Hall–Kier alpha value is -1.91. The normalized spacial score (nSPS) is 24.9. The highest BCUT2D eigenvalue weighted by molar-refractivity contribution is 7.88. The number of carbonyl (C=O) groups excluding carboxylic acids is 2. The fourth-order valence-corrected chi connectivity index (χ4v) is 7.94. The maximum absolute atomic E-state index is 14.5. The van der Waals surface area contributed by atoms with E-state index in [1.54, 1.807) is 9.21 Å². The monoisotopic (exact) mass is 553 g/mol. The standard InChI is InChI=1S/C28H41F2N3O4S/c1-19(2)33(38(3,36)37)18-27(20-7-5-4-6-8-20)31-11-13-32(14-12-31)28(35)25-17-22(34)16-24(25)23-10-9-21(29)15-26(23)30/h9-10,15,19-20,24-25,27H,4-8,11-14,16-18H2,1-3H3/t24-,25+,27?/m0/s1. The predicted molar refractivity (Wildman–Crippen MR) is 142 cm³/mol. The van der Waals surface area contributed by atoms with Gasteiger partial charge in [0.2, 0.25) is 15.9 Å². The molecule has 0 spiro atoms. The number of Topliss-reactive ketones (excluding diaryl/α,β-unsaturated/α-hetero) is 1. The number of piperazine rings is 1. The second-order valence-electron chi connectivity index (χ2n) is 11.6. The molecule has 2 saturated carbocycles. The molecule has 3 fully saturated rings. The summed E-state index contributed by atoms with van der Waals surface area (Å²) in [5, 5.41) is 0. The first-order valence-electron chi connectivity index (χ1n) is 13.9. The van der Waals surface area contributed by atoms with Crippen LogP contribution in [0.2, 0.25) is 0 Å². The van der Waals surface area contributed by atoms with Gasteiger partial charge in [0, 0.05) is 69.6 Å². The number of ketones is 1. The van der Waals surface area contributed by atoms with Crippen LogP contribution in [0, 0.1) is 23.5 Å². The van der Waals surface area contributed by atoms with Crippen molar-refractivity contribution in [1.82, 2.24) is 14.1 Å². The number of halogens is 2. The van der Waals surface area contributed by atoms with Crippen molar-refractivity contribution in [3.8, 4) is 0 Å². The third-order valence-corrected chi connectivity index (χ3v) is 10.1. The molecule has 1 unspecified atom stereocenters. The number of nitrogens with zero attached hydrogens (tertiary/aromatic N) is 3. The molecule has 1 aliphatic heterocycles. The van der Waals surface area contributed by atoms with E-state index < -0.39 is 33.5 Å². The lowest BCUT2D eigenvalue weighted by Gasteiger charge is -2.45. The lowest BCUT2D eigenvalue weighted by atomic mass is 9.82. The van der Waals surface area contributed by atoms with Gasteiger partial charge < -0.3 is 4.90 Å². The van der Waals surface area contributed by atoms with Crippen LogP contribution in [0.15, 0.2) is 18.2 Å². The summed E-state index contributed by atoms with van der Waals surface area (Å²) < 4.78 is 54.7. The molecule has 0 N–H and O–H groups in total. The molecule has 3 atom stereocenters. The van der Waals surface area contributed by atoms with Crippen LogP contribution >= 0.6 is 0 Å². The molecule has 0 radical (unpaired) electrons. The zero-order valence-electron chi connectivity index (χ0n) is 22.7. The predicted octanol–water partition coefficient (Wildman–Crippen LogP) is 3.79. The van der Waals surface area contributed by atoms with Crippen LogP contribution in [0.4, 0.5) is 8.78 Å². The molecule has 1 aromatic rings. The van der Waals surface area contributed by atoms with Gasteiger partial charge in [-0.2, -0.15) is 4.31 Å². The summed E-state index contributed by atoms with van der Waals surface area (Å²) in [6.07, 6.45) is 7.09. The van der Waals surface area contributed by atoms with Gasteiger partial charge in [-0.15, -0.1) is 0 Å². The van der Waals surface area contributed by atoms with Crippen molar-refractivity contribution in [3.63, 3.8) is 0 Å². The molecular weight excluding hydrogens is 512 g/mol. The van der Waals surface area contributed by atoms with E-state index >= 15 is 0 Å². The van der Waals surface area contributed by atoms with Crippen LogP contribution in [-0.2, 0) is 19.6 Å². The van der Waals surface area contributed by atoms with Gasteiger partial charge in [-0.05, 0) is 44.2 Å². The Bertz CT molecular complexity index is 1120. The van der Waals surface area contributed by atoms with Crippen LogP contribution in [0.3, 0.4) is 0 Å². The highest BCUT2D eigenvalue weighted by atomic mass is 32.2. The van der Waals surface area contributed by atoms with Crippen LogP contribution in [0.5, 0.6) is 0 Å². The Kier molecular flexibility index (Phi) is 9.25. The lowest BCUT2D eigenvalue weighted by molar-refractivity contribution is -0.138. The zero-order valence-corrected chi connectivity index (χ0v) is 23.6. The first kappa shape index (κ1) is 29.1. The number of hydrogen-bond donors (Lipinski definition) is 0. The van der Waals surface area contributed by atoms with Crippen molar-refractivity contribution in [2.24, 2.45) is 11.8 Å². The maximum Gasteiger partial charge on any atom is 0.226 e. The van der Waals surface area contributed by atoms with E-state index in [0.717, 1.165) is 31.7 Å². The molecular formula is C28H41F2N3O4S. The molecule has 1 saturated heterocycles. The molecule has 212 valence electrons. The van der Waals surface area contributed by atoms with Gasteiger partial charge in [-0.25, -0.2) is 17.2 Å². The molecule has 1 amide bonds. The van der Waals surface area contributed by atoms with Crippen molar-refractivity contribution in [2.75, 3.05) is 39.0 Å². The summed E-state index contributed by atoms with van der Waals surface area (Å²) in [4.78, 5) is 30.0. The van der Waals surface area contributed by atoms with E-state index in [2.05, 4.69) is 4.90 Å². The molecule has 2 aliphatic carbocycles. The Morgan fingerprint density at radius 2 is 1.71 bits per heavy atom. The Morgan fingerprint density at radius 3 is 2.29 bits per heavy atom. The highest BCUT2D eigenvalue weighted by Gasteiger charge is 2.43. The lowest BCUT2D eigenvalue weighted by Crippen LogP contribution is -2.58. The number of carbonyl (C=O) groups is 2. The molecule has 1 heterocycles. The Labute approximate surface area is 225 Å². The van der Waals surface area contributed by atoms with Crippen LogP contribution in [-0.4, -0.2) is 85.3 Å². The van der Waals surface area contributed by atoms with E-state index in [9.17, 15) is 26.8 Å². The van der Waals surface area contributed by atoms with Crippen molar-refractivity contribution < 1.29 is 26.8 Å². The number of hydrogen-bond acceptors (Lipinski definition) is 5. The van der Waals surface area contributed by atoms with Gasteiger partial charge in [0.25, 0.3) is 0 Å². The Balaban J connectivity index is 1.46. The summed E-state index contributed by atoms with van der Waals surface area (Å²) >= 11 is 0. The van der Waals surface area contributed by atoms with Gasteiger partial charge in [-0.3, -0.25) is 14.5 Å². The maximum atomic E-state index is 14.5. The zero-order chi connectivity index (χ0) is 27.6. The molecule has 4 rings (SSSR count). The second kappa shape index (κ2) is 12.1. The van der Waals surface area contributed by atoms with Gasteiger partial charge in [0.05, 0.1) is 12.2 Å². The topological polar surface area (TPSA) is 78.0 Å². The van der Waals surface area contributed by atoms with Gasteiger partial charge in [0.15, 0.2) is 0 Å². The van der Waals surface area contributed by atoms with E-state index in [-0.39, 0.29) is 42.2 Å². The SMILES string of the molecule is CC(C)N(CC(C1CCCCC1)N1CCN(C(=O)[C@@H]2CC(=O)C[C@H]2c2ccc(F)cc2F)CC1)S(C)(=O)=O. The minimum absolute atomic E-state index is 0.0724. The molecule has 10 heteroatoms. The summed E-state index contributed by atoms with van der Waals surface area (Å²) in [5.41, 5.74) is 0.223. The van der Waals surface area contributed by atoms with Crippen molar-refractivity contribution >= 4 is 21.7 Å². The fourth-order valence-electron chi connectivity index (χ4n) is 6.75. The average Bonchev–Trinajstić information content (AvgIpc) is 3.25. The van der Waals surface area contributed by atoms with Crippen LogP contribution in [0.25, 0.3) is 0 Å². The second-order valence-corrected chi connectivity index (χ2v) is 13.5. The number of benzene rings is 1. The van der Waals surface area contributed by atoms with Gasteiger partial charge in [0.1, 0.15) is 17.4 Å². The summed E-state index contributed by atoms with van der Waals surface area (Å²) in [5.74, 6) is -2.46. The van der Waals surface area contributed by atoms with E-state index in [1.807, 2.05) is 13.8 Å². The third-order valence-electron chi connectivity index (χ3n) is 8.72. The summed E-state index contributed by atoms with van der Waals surface area (Å²) in [6, 6.07) is 3.27. The largest absolute Gasteiger partial charge is 0.340 e. The fraction of sp³-hybridized carbons (Fsp3) is 0.714. The molecule has 0 bridgehead atoms. The number of sulfonamides is 1. The van der Waals surface area contributed by atoms with E-state index in [1.165, 1.54) is 24.8 Å². The molecule has 3 aliphatic rings. The molecule has 7 nitrogen and oxygen atoms in total. The van der Waals surface area contributed by atoms with Gasteiger partial charge >= 0.3 is 0 Å². The van der Waals surface area contributed by atoms with E-state index in [4.69, 9.17) is 0 Å². The average molecular weight is 554 g/mol. The third kappa shape index (κ3) is 6.62. The smallest absolute Gasteiger partial charge is 0.226 e.